The Bertz CT molecular complexity index is 510. The lowest BCUT2D eigenvalue weighted by Crippen LogP contribution is -1.84. The Morgan fingerprint density at radius 3 is 3.13 bits per heavy atom. The third kappa shape index (κ3) is 2.25. The molecule has 4 heteroatoms. The number of aryl methyl sites for hydroxylation is 1. The first-order chi connectivity index (χ1) is 7.29. The van der Waals surface area contributed by atoms with Crippen molar-refractivity contribution in [3.05, 3.63) is 23.8 Å². The highest BCUT2D eigenvalue weighted by Crippen LogP contribution is 2.25. The highest BCUT2D eigenvalue weighted by atomic mass is 32.1. The molecule has 2 rings (SSSR count). The molecule has 0 unspecified atom stereocenters. The fourth-order valence-electron chi connectivity index (χ4n) is 1.51. The van der Waals surface area contributed by atoms with Gasteiger partial charge in [-0.3, -0.25) is 0 Å². The van der Waals surface area contributed by atoms with E-state index in [1.54, 1.807) is 0 Å². The first-order valence-electron chi connectivity index (χ1n) is 4.81. The summed E-state index contributed by atoms with van der Waals surface area (Å²) in [5.74, 6) is 0. The van der Waals surface area contributed by atoms with Crippen molar-refractivity contribution >= 4 is 26.7 Å². The standard InChI is InChI=1S/C11H11N3S/c12-6-2-1-3-8-4-5-9-10(7-8)15-11(13)14-9/h4-5,7H,1-3H2,(H2,13,14). The normalized spacial score (nSPS) is 10.3. The lowest BCUT2D eigenvalue weighted by Gasteiger charge is -1.97. The maximum atomic E-state index is 8.44. The SMILES string of the molecule is N#CCCCc1ccc2nc(N)sc2c1. The minimum Gasteiger partial charge on any atom is -0.375 e. The molecule has 0 atom stereocenters. The van der Waals surface area contributed by atoms with Gasteiger partial charge in [-0.2, -0.15) is 5.26 Å². The second-order valence-corrected chi connectivity index (χ2v) is 4.43. The molecule has 0 fully saturated rings. The average Bonchev–Trinajstić information content (AvgIpc) is 2.57. The van der Waals surface area contributed by atoms with E-state index in [9.17, 15) is 0 Å². The van der Waals surface area contributed by atoms with Gasteiger partial charge in [0, 0.05) is 6.42 Å². The molecule has 1 heterocycles. The fourth-order valence-corrected chi connectivity index (χ4v) is 2.31. The molecule has 0 radical (unpaired) electrons. The predicted molar refractivity (Wildman–Crippen MR) is 62.6 cm³/mol. The van der Waals surface area contributed by atoms with Gasteiger partial charge < -0.3 is 5.73 Å². The van der Waals surface area contributed by atoms with E-state index < -0.39 is 0 Å². The van der Waals surface area contributed by atoms with E-state index in [2.05, 4.69) is 23.2 Å². The van der Waals surface area contributed by atoms with Gasteiger partial charge in [0.05, 0.1) is 16.3 Å². The Kier molecular flexibility index (Phi) is 2.84. The average molecular weight is 217 g/mol. The summed E-state index contributed by atoms with van der Waals surface area (Å²) in [6, 6.07) is 8.31. The van der Waals surface area contributed by atoms with Crippen LogP contribution >= 0.6 is 11.3 Å². The summed E-state index contributed by atoms with van der Waals surface area (Å²) in [7, 11) is 0. The van der Waals surface area contributed by atoms with Crippen LogP contribution in [0.2, 0.25) is 0 Å². The van der Waals surface area contributed by atoms with Crippen LogP contribution in [0.4, 0.5) is 5.13 Å². The summed E-state index contributed by atoms with van der Waals surface area (Å²) in [4.78, 5) is 4.19. The zero-order chi connectivity index (χ0) is 10.7. The van der Waals surface area contributed by atoms with Crippen molar-refractivity contribution in [1.29, 1.82) is 5.26 Å². The first-order valence-corrected chi connectivity index (χ1v) is 5.63. The van der Waals surface area contributed by atoms with Crippen molar-refractivity contribution in [3.63, 3.8) is 0 Å². The lowest BCUT2D eigenvalue weighted by atomic mass is 10.1. The van der Waals surface area contributed by atoms with Crippen LogP contribution in [0, 0.1) is 11.3 Å². The van der Waals surface area contributed by atoms with Crippen LogP contribution in [-0.4, -0.2) is 4.98 Å². The number of benzene rings is 1. The van der Waals surface area contributed by atoms with Crippen molar-refractivity contribution in [2.24, 2.45) is 0 Å². The van der Waals surface area contributed by atoms with Crippen molar-refractivity contribution in [2.75, 3.05) is 5.73 Å². The summed E-state index contributed by atoms with van der Waals surface area (Å²) < 4.78 is 1.13. The monoisotopic (exact) mass is 217 g/mol. The van der Waals surface area contributed by atoms with Crippen LogP contribution in [0.5, 0.6) is 0 Å². The van der Waals surface area contributed by atoms with Gasteiger partial charge in [-0.05, 0) is 30.5 Å². The topological polar surface area (TPSA) is 62.7 Å². The van der Waals surface area contributed by atoms with Crippen LogP contribution in [0.15, 0.2) is 18.2 Å². The van der Waals surface area contributed by atoms with E-state index in [0.29, 0.717) is 11.6 Å². The van der Waals surface area contributed by atoms with Gasteiger partial charge in [-0.25, -0.2) is 4.98 Å². The zero-order valence-corrected chi connectivity index (χ0v) is 9.05. The minimum absolute atomic E-state index is 0.610. The van der Waals surface area contributed by atoms with Crippen molar-refractivity contribution in [1.82, 2.24) is 4.98 Å². The van der Waals surface area contributed by atoms with Gasteiger partial charge >= 0.3 is 0 Å². The molecule has 0 bridgehead atoms. The number of aromatic nitrogens is 1. The molecule has 1 aromatic carbocycles. The van der Waals surface area contributed by atoms with Crippen molar-refractivity contribution in [3.8, 4) is 6.07 Å². The van der Waals surface area contributed by atoms with Crippen molar-refractivity contribution in [2.45, 2.75) is 19.3 Å². The van der Waals surface area contributed by atoms with Crippen LogP contribution in [-0.2, 0) is 6.42 Å². The Labute approximate surface area is 92.2 Å². The Hall–Kier alpha value is -1.60. The molecular weight excluding hydrogens is 206 g/mol. The molecule has 0 saturated heterocycles. The third-order valence-corrected chi connectivity index (χ3v) is 3.07. The largest absolute Gasteiger partial charge is 0.375 e. The van der Waals surface area contributed by atoms with Crippen molar-refractivity contribution < 1.29 is 0 Å². The highest BCUT2D eigenvalue weighted by molar-refractivity contribution is 7.22. The number of unbranched alkanes of at least 4 members (excludes halogenated alkanes) is 1. The molecule has 15 heavy (non-hydrogen) atoms. The van der Waals surface area contributed by atoms with E-state index in [0.717, 1.165) is 23.1 Å². The number of nitriles is 1. The first kappa shape index (κ1) is 9.94. The number of nitrogens with zero attached hydrogens (tertiary/aromatic N) is 2. The second-order valence-electron chi connectivity index (χ2n) is 3.37. The molecule has 0 saturated carbocycles. The van der Waals surface area contributed by atoms with Gasteiger partial charge in [0.1, 0.15) is 0 Å². The summed E-state index contributed by atoms with van der Waals surface area (Å²) in [5, 5.41) is 9.06. The molecule has 1 aromatic heterocycles. The molecule has 2 N–H and O–H groups in total. The number of rotatable bonds is 3. The van der Waals surface area contributed by atoms with Gasteiger partial charge in [0.25, 0.3) is 0 Å². The smallest absolute Gasteiger partial charge is 0.181 e. The Morgan fingerprint density at radius 1 is 1.47 bits per heavy atom. The molecule has 0 spiro atoms. The van der Waals surface area contributed by atoms with Crippen LogP contribution in [0.1, 0.15) is 18.4 Å². The third-order valence-electron chi connectivity index (χ3n) is 2.22. The van der Waals surface area contributed by atoms with E-state index in [1.807, 2.05) is 6.07 Å². The van der Waals surface area contributed by atoms with Crippen LogP contribution in [0.3, 0.4) is 0 Å². The predicted octanol–water partition coefficient (Wildman–Crippen LogP) is 2.72. The van der Waals surface area contributed by atoms with E-state index in [4.69, 9.17) is 11.0 Å². The number of nitrogen functional groups attached to an aromatic ring is 1. The lowest BCUT2D eigenvalue weighted by molar-refractivity contribution is 0.852. The summed E-state index contributed by atoms with van der Waals surface area (Å²) >= 11 is 1.51. The quantitative estimate of drug-likeness (QED) is 0.804. The number of hydrogen-bond acceptors (Lipinski definition) is 4. The van der Waals surface area contributed by atoms with Gasteiger partial charge in [-0.15, -0.1) is 0 Å². The number of fused-ring (bicyclic) bond motifs is 1. The molecule has 0 amide bonds. The number of nitrogens with two attached hydrogens (primary N) is 1. The molecule has 2 aromatic rings. The summed E-state index contributed by atoms with van der Waals surface area (Å²) in [6.07, 6.45) is 2.47. The Balaban J connectivity index is 2.19. The molecule has 76 valence electrons. The highest BCUT2D eigenvalue weighted by Gasteiger charge is 2.01. The second kappa shape index (κ2) is 4.28. The molecule has 3 nitrogen and oxygen atoms in total. The van der Waals surface area contributed by atoms with Gasteiger partial charge in [-0.1, -0.05) is 17.4 Å². The fraction of sp³-hybridized carbons (Fsp3) is 0.273. The Morgan fingerprint density at radius 2 is 2.33 bits per heavy atom. The minimum atomic E-state index is 0.610. The molecule has 0 aliphatic rings. The molecular formula is C11H11N3S. The summed E-state index contributed by atoms with van der Waals surface area (Å²) in [6.45, 7) is 0. The molecule has 0 aliphatic carbocycles. The van der Waals surface area contributed by atoms with E-state index in [1.165, 1.54) is 16.9 Å². The maximum absolute atomic E-state index is 8.44. The van der Waals surface area contributed by atoms with Crippen LogP contribution < -0.4 is 5.73 Å². The number of hydrogen-bond donors (Lipinski definition) is 1. The number of thiazole rings is 1. The van der Waals surface area contributed by atoms with Gasteiger partial charge in [0.2, 0.25) is 0 Å². The van der Waals surface area contributed by atoms with Gasteiger partial charge in [0.15, 0.2) is 5.13 Å². The maximum Gasteiger partial charge on any atom is 0.181 e. The van der Waals surface area contributed by atoms with Crippen LogP contribution in [0.25, 0.3) is 10.2 Å². The van der Waals surface area contributed by atoms with E-state index >= 15 is 0 Å². The molecule has 0 aliphatic heterocycles. The zero-order valence-electron chi connectivity index (χ0n) is 8.23. The summed E-state index contributed by atoms with van der Waals surface area (Å²) in [5.41, 5.74) is 7.84. The number of anilines is 1. The van der Waals surface area contributed by atoms with E-state index in [-0.39, 0.29) is 0 Å².